The molecule has 0 saturated carbocycles. The van der Waals surface area contributed by atoms with E-state index in [2.05, 4.69) is 40.8 Å². The maximum absolute atomic E-state index is 11.2. The second-order valence-corrected chi connectivity index (χ2v) is 5.62. The fourth-order valence-corrected chi connectivity index (χ4v) is 2.60. The number of aromatic carboxylic acids is 1. The summed E-state index contributed by atoms with van der Waals surface area (Å²) in [6, 6.07) is 15.3. The molecule has 0 saturated heterocycles. The van der Waals surface area contributed by atoms with E-state index >= 15 is 0 Å². The van der Waals surface area contributed by atoms with Gasteiger partial charge in [-0.05, 0) is 30.8 Å². The highest BCUT2D eigenvalue weighted by Crippen LogP contribution is 2.15. The maximum Gasteiger partial charge on any atom is 0.354 e. The normalized spacial score (nSPS) is 10.8. The Morgan fingerprint density at radius 1 is 1.00 bits per heavy atom. The van der Waals surface area contributed by atoms with Crippen LogP contribution in [-0.2, 0) is 6.54 Å². The lowest BCUT2D eigenvalue weighted by molar-refractivity contribution is 0.0690. The minimum Gasteiger partial charge on any atom is -0.477 e. The van der Waals surface area contributed by atoms with Crippen LogP contribution in [0.3, 0.4) is 0 Å². The van der Waals surface area contributed by atoms with E-state index < -0.39 is 5.97 Å². The molecule has 0 aliphatic rings. The van der Waals surface area contributed by atoms with Crippen molar-refractivity contribution < 1.29 is 9.90 Å². The summed E-state index contributed by atoms with van der Waals surface area (Å²) in [5.41, 5.74) is 1.26. The summed E-state index contributed by atoms with van der Waals surface area (Å²) < 4.78 is 0. The first-order valence-corrected chi connectivity index (χ1v) is 8.35. The first kappa shape index (κ1) is 17.9. The first-order chi connectivity index (χ1) is 11.6. The number of rotatable bonds is 9. The molecule has 1 N–H and O–H groups in total. The quantitative estimate of drug-likeness (QED) is 0.767. The molecular formula is C19H25N3O2. The number of pyridine rings is 1. The van der Waals surface area contributed by atoms with Gasteiger partial charge in [-0.2, -0.15) is 0 Å². The zero-order chi connectivity index (χ0) is 17.4. The molecule has 1 aromatic carbocycles. The van der Waals surface area contributed by atoms with Crippen molar-refractivity contribution in [3.8, 4) is 0 Å². The molecule has 0 amide bonds. The van der Waals surface area contributed by atoms with Gasteiger partial charge in [0.05, 0.1) is 0 Å². The summed E-state index contributed by atoms with van der Waals surface area (Å²) in [4.78, 5) is 20.0. The van der Waals surface area contributed by atoms with Gasteiger partial charge in [0.1, 0.15) is 5.82 Å². The number of nitrogens with zero attached hydrogens (tertiary/aromatic N) is 3. The van der Waals surface area contributed by atoms with Crippen LogP contribution in [0.1, 0.15) is 29.9 Å². The third kappa shape index (κ3) is 5.06. The van der Waals surface area contributed by atoms with Gasteiger partial charge < -0.3 is 14.9 Å². The van der Waals surface area contributed by atoms with Crippen molar-refractivity contribution in [2.45, 2.75) is 20.4 Å². The molecule has 0 spiro atoms. The Morgan fingerprint density at radius 3 is 2.33 bits per heavy atom. The third-order valence-corrected chi connectivity index (χ3v) is 4.07. The number of carboxylic acid groups (broad SMARTS) is 1. The van der Waals surface area contributed by atoms with Crippen molar-refractivity contribution in [1.82, 2.24) is 9.88 Å². The number of carbonyl (C=O) groups is 1. The Hall–Kier alpha value is -2.40. The van der Waals surface area contributed by atoms with Crippen molar-refractivity contribution in [1.29, 1.82) is 0 Å². The molecule has 0 unspecified atom stereocenters. The van der Waals surface area contributed by atoms with Crippen LogP contribution in [0.4, 0.5) is 5.82 Å². The van der Waals surface area contributed by atoms with Gasteiger partial charge in [0.15, 0.2) is 5.69 Å². The van der Waals surface area contributed by atoms with Crippen molar-refractivity contribution in [2.24, 2.45) is 0 Å². The van der Waals surface area contributed by atoms with Crippen LogP contribution in [0.5, 0.6) is 0 Å². The molecule has 2 rings (SSSR count). The summed E-state index contributed by atoms with van der Waals surface area (Å²) in [6.07, 6.45) is 0. The van der Waals surface area contributed by atoms with Crippen LogP contribution in [0.15, 0.2) is 48.5 Å². The van der Waals surface area contributed by atoms with Gasteiger partial charge >= 0.3 is 5.97 Å². The fourth-order valence-electron chi connectivity index (χ4n) is 2.60. The highest BCUT2D eigenvalue weighted by atomic mass is 16.4. The van der Waals surface area contributed by atoms with Gasteiger partial charge in [-0.1, -0.05) is 50.2 Å². The first-order valence-electron chi connectivity index (χ1n) is 8.35. The number of hydrogen-bond donors (Lipinski definition) is 1. The van der Waals surface area contributed by atoms with Crippen molar-refractivity contribution >= 4 is 11.8 Å². The minimum absolute atomic E-state index is 0.0772. The van der Waals surface area contributed by atoms with Gasteiger partial charge in [-0.3, -0.25) is 0 Å². The molecule has 0 aliphatic heterocycles. The van der Waals surface area contributed by atoms with E-state index in [1.165, 1.54) is 11.6 Å². The Balaban J connectivity index is 2.21. The SMILES string of the molecule is CCN(CC)CCN(Cc1ccccc1)c1cccc(C(=O)O)n1. The molecule has 5 nitrogen and oxygen atoms in total. The molecule has 1 aromatic heterocycles. The summed E-state index contributed by atoms with van der Waals surface area (Å²) in [6.45, 7) is 8.71. The van der Waals surface area contributed by atoms with Gasteiger partial charge in [-0.15, -0.1) is 0 Å². The minimum atomic E-state index is -1.000. The Labute approximate surface area is 143 Å². The highest BCUT2D eigenvalue weighted by molar-refractivity contribution is 5.85. The lowest BCUT2D eigenvalue weighted by atomic mass is 10.2. The van der Waals surface area contributed by atoms with Gasteiger partial charge in [0.2, 0.25) is 0 Å². The van der Waals surface area contributed by atoms with E-state index in [0.717, 1.165) is 26.2 Å². The standard InChI is InChI=1S/C19H25N3O2/c1-3-21(4-2)13-14-22(15-16-9-6-5-7-10-16)18-12-8-11-17(20-18)19(23)24/h5-12H,3-4,13-15H2,1-2H3,(H,23,24). The molecule has 0 aliphatic carbocycles. The second kappa shape index (κ2) is 9.03. The van der Waals surface area contributed by atoms with E-state index in [9.17, 15) is 9.90 Å². The Kier molecular flexibility index (Phi) is 6.75. The summed E-state index contributed by atoms with van der Waals surface area (Å²) >= 11 is 0. The van der Waals surface area contributed by atoms with Crippen LogP contribution >= 0.6 is 0 Å². The van der Waals surface area contributed by atoms with Crippen LogP contribution in [0.2, 0.25) is 0 Å². The maximum atomic E-state index is 11.2. The number of anilines is 1. The van der Waals surface area contributed by atoms with E-state index in [-0.39, 0.29) is 5.69 Å². The summed E-state index contributed by atoms with van der Waals surface area (Å²) in [5, 5.41) is 9.19. The number of aromatic nitrogens is 1. The number of likely N-dealkylation sites (N-methyl/N-ethyl adjacent to an activating group) is 1. The lowest BCUT2D eigenvalue weighted by Crippen LogP contribution is -2.35. The molecule has 24 heavy (non-hydrogen) atoms. The highest BCUT2D eigenvalue weighted by Gasteiger charge is 2.13. The molecule has 1 heterocycles. The Bertz CT molecular complexity index is 642. The summed E-state index contributed by atoms with van der Waals surface area (Å²) in [5.74, 6) is -0.300. The van der Waals surface area contributed by atoms with Crippen LogP contribution < -0.4 is 4.90 Å². The molecule has 5 heteroatoms. The molecule has 0 atom stereocenters. The van der Waals surface area contributed by atoms with Gasteiger partial charge in [0, 0.05) is 19.6 Å². The number of carboxylic acids is 1. The topological polar surface area (TPSA) is 56.7 Å². The summed E-state index contributed by atoms with van der Waals surface area (Å²) in [7, 11) is 0. The van der Waals surface area contributed by atoms with Gasteiger partial charge in [0.25, 0.3) is 0 Å². The van der Waals surface area contributed by atoms with E-state index in [4.69, 9.17) is 0 Å². The van der Waals surface area contributed by atoms with E-state index in [1.807, 2.05) is 24.3 Å². The van der Waals surface area contributed by atoms with Crippen molar-refractivity contribution in [3.63, 3.8) is 0 Å². The third-order valence-electron chi connectivity index (χ3n) is 4.07. The predicted molar refractivity (Wildman–Crippen MR) is 96.5 cm³/mol. The monoisotopic (exact) mass is 327 g/mol. The van der Waals surface area contributed by atoms with Crippen LogP contribution in [0, 0.1) is 0 Å². The predicted octanol–water partition coefficient (Wildman–Crippen LogP) is 3.13. The average Bonchev–Trinajstić information content (AvgIpc) is 2.62. The Morgan fingerprint density at radius 2 is 1.71 bits per heavy atom. The molecule has 0 fully saturated rings. The van der Waals surface area contributed by atoms with Crippen molar-refractivity contribution in [2.75, 3.05) is 31.1 Å². The molecular weight excluding hydrogens is 302 g/mol. The van der Waals surface area contributed by atoms with E-state index in [1.54, 1.807) is 6.07 Å². The zero-order valence-corrected chi connectivity index (χ0v) is 14.4. The molecule has 0 radical (unpaired) electrons. The fraction of sp³-hybridized carbons (Fsp3) is 0.368. The number of benzene rings is 1. The largest absolute Gasteiger partial charge is 0.477 e. The van der Waals surface area contributed by atoms with E-state index in [0.29, 0.717) is 12.4 Å². The van der Waals surface area contributed by atoms with Crippen LogP contribution in [-0.4, -0.2) is 47.1 Å². The molecule has 128 valence electrons. The smallest absolute Gasteiger partial charge is 0.354 e. The lowest BCUT2D eigenvalue weighted by Gasteiger charge is -2.27. The van der Waals surface area contributed by atoms with Gasteiger partial charge in [-0.25, -0.2) is 9.78 Å². The van der Waals surface area contributed by atoms with Crippen LogP contribution in [0.25, 0.3) is 0 Å². The van der Waals surface area contributed by atoms with Crippen molar-refractivity contribution in [3.05, 3.63) is 59.8 Å². The zero-order valence-electron chi connectivity index (χ0n) is 14.4. The average molecular weight is 327 g/mol. The number of hydrogen-bond acceptors (Lipinski definition) is 4. The second-order valence-electron chi connectivity index (χ2n) is 5.62. The molecule has 0 bridgehead atoms. The molecule has 2 aromatic rings.